The van der Waals surface area contributed by atoms with E-state index in [4.69, 9.17) is 16.3 Å². The van der Waals surface area contributed by atoms with Crippen molar-refractivity contribution in [2.24, 2.45) is 0 Å². The van der Waals surface area contributed by atoms with Crippen molar-refractivity contribution in [2.75, 3.05) is 6.61 Å². The van der Waals surface area contributed by atoms with Crippen molar-refractivity contribution >= 4 is 11.6 Å². The third kappa shape index (κ3) is 1.47. The molecule has 0 amide bonds. The van der Waals surface area contributed by atoms with E-state index >= 15 is 0 Å². The maximum absolute atomic E-state index is 5.69. The Labute approximate surface area is 76.3 Å². The van der Waals surface area contributed by atoms with E-state index in [9.17, 15) is 0 Å². The van der Waals surface area contributed by atoms with Crippen LogP contribution in [0.25, 0.3) is 0 Å². The van der Waals surface area contributed by atoms with E-state index in [2.05, 4.69) is 9.55 Å². The van der Waals surface area contributed by atoms with Gasteiger partial charge in [0, 0.05) is 19.0 Å². The molecule has 0 spiro atoms. The van der Waals surface area contributed by atoms with Crippen molar-refractivity contribution < 1.29 is 4.74 Å². The zero-order valence-electron chi connectivity index (χ0n) is 6.74. The molecule has 1 aliphatic rings. The lowest BCUT2D eigenvalue weighted by molar-refractivity contribution is -0.0595. The summed E-state index contributed by atoms with van der Waals surface area (Å²) >= 11 is 5.69. The molecule has 2 rings (SSSR count). The first-order valence-corrected chi connectivity index (χ1v) is 4.61. The summed E-state index contributed by atoms with van der Waals surface area (Å²) in [6, 6.07) is 0. The predicted octanol–water partition coefficient (Wildman–Crippen LogP) is 1.41. The molecule has 1 aromatic rings. The Bertz CT molecular complexity index is 257. The topological polar surface area (TPSA) is 27.1 Å². The number of imidazole rings is 1. The largest absolute Gasteiger partial charge is 0.376 e. The number of nitrogens with zero attached hydrogens (tertiary/aromatic N) is 2. The van der Waals surface area contributed by atoms with Crippen LogP contribution >= 0.6 is 11.6 Å². The highest BCUT2D eigenvalue weighted by Crippen LogP contribution is 2.14. The van der Waals surface area contributed by atoms with Gasteiger partial charge in [0.25, 0.3) is 0 Å². The van der Waals surface area contributed by atoms with Crippen LogP contribution in [0.2, 0.25) is 0 Å². The van der Waals surface area contributed by atoms with Gasteiger partial charge in [0.1, 0.15) is 5.82 Å². The van der Waals surface area contributed by atoms with Gasteiger partial charge in [-0.25, -0.2) is 4.98 Å². The van der Waals surface area contributed by atoms with Gasteiger partial charge in [-0.1, -0.05) is 0 Å². The Hall–Kier alpha value is -0.540. The number of hydrogen-bond acceptors (Lipinski definition) is 2. The third-order valence-electron chi connectivity index (χ3n) is 2.11. The standard InChI is InChI=1S/C8H11ClN2O/c9-5-8-10-2-3-11(8)6-7-1-4-12-7/h2-3,7H,1,4-6H2. The normalized spacial score (nSPS) is 22.2. The second-order valence-corrected chi connectivity index (χ2v) is 3.18. The molecule has 3 nitrogen and oxygen atoms in total. The lowest BCUT2D eigenvalue weighted by Gasteiger charge is -2.27. The second-order valence-electron chi connectivity index (χ2n) is 2.91. The van der Waals surface area contributed by atoms with Crippen molar-refractivity contribution in [1.29, 1.82) is 0 Å². The van der Waals surface area contributed by atoms with Gasteiger partial charge in [-0.3, -0.25) is 0 Å². The molecule has 1 fully saturated rings. The summed E-state index contributed by atoms with van der Waals surface area (Å²) in [4.78, 5) is 4.12. The van der Waals surface area contributed by atoms with Gasteiger partial charge >= 0.3 is 0 Å². The van der Waals surface area contributed by atoms with Crippen LogP contribution in [-0.4, -0.2) is 22.3 Å². The van der Waals surface area contributed by atoms with Gasteiger partial charge in [0.05, 0.1) is 18.5 Å². The molecule has 1 aliphatic heterocycles. The zero-order valence-corrected chi connectivity index (χ0v) is 7.50. The fourth-order valence-corrected chi connectivity index (χ4v) is 1.51. The molecular formula is C8H11ClN2O. The first kappa shape index (κ1) is 8.08. The van der Waals surface area contributed by atoms with E-state index in [-0.39, 0.29) is 0 Å². The molecule has 0 aliphatic carbocycles. The van der Waals surface area contributed by atoms with Crippen molar-refractivity contribution in [2.45, 2.75) is 24.9 Å². The van der Waals surface area contributed by atoms with Crippen molar-refractivity contribution in [1.82, 2.24) is 9.55 Å². The monoisotopic (exact) mass is 186 g/mol. The van der Waals surface area contributed by atoms with Crippen LogP contribution in [0.1, 0.15) is 12.2 Å². The first-order chi connectivity index (χ1) is 5.90. The quantitative estimate of drug-likeness (QED) is 0.668. The Morgan fingerprint density at radius 2 is 2.58 bits per heavy atom. The predicted molar refractivity (Wildman–Crippen MR) is 46.1 cm³/mol. The van der Waals surface area contributed by atoms with Gasteiger partial charge in [-0.15, -0.1) is 11.6 Å². The molecule has 1 atom stereocenters. The van der Waals surface area contributed by atoms with Crippen LogP contribution in [0.15, 0.2) is 12.4 Å². The third-order valence-corrected chi connectivity index (χ3v) is 2.35. The van der Waals surface area contributed by atoms with E-state index in [0.29, 0.717) is 12.0 Å². The highest BCUT2D eigenvalue weighted by atomic mass is 35.5. The number of alkyl halides is 1. The van der Waals surface area contributed by atoms with Gasteiger partial charge in [-0.05, 0) is 6.42 Å². The average Bonchev–Trinajstić information content (AvgIpc) is 2.43. The Balaban J connectivity index is 2.00. The zero-order chi connectivity index (χ0) is 8.39. The smallest absolute Gasteiger partial charge is 0.123 e. The Morgan fingerprint density at radius 1 is 1.75 bits per heavy atom. The van der Waals surface area contributed by atoms with Crippen LogP contribution in [0.5, 0.6) is 0 Å². The van der Waals surface area contributed by atoms with Crippen LogP contribution < -0.4 is 0 Å². The second kappa shape index (κ2) is 3.46. The molecule has 0 bridgehead atoms. The van der Waals surface area contributed by atoms with Gasteiger partial charge in [0.2, 0.25) is 0 Å². The highest BCUT2D eigenvalue weighted by molar-refractivity contribution is 6.16. The Kier molecular flexibility index (Phi) is 2.33. The van der Waals surface area contributed by atoms with Gasteiger partial charge in [-0.2, -0.15) is 0 Å². The van der Waals surface area contributed by atoms with Gasteiger partial charge < -0.3 is 9.30 Å². The van der Waals surface area contributed by atoms with E-state index in [0.717, 1.165) is 25.4 Å². The minimum absolute atomic E-state index is 0.376. The summed E-state index contributed by atoms with van der Waals surface area (Å²) in [5.74, 6) is 1.40. The molecule has 1 saturated heterocycles. The molecule has 0 saturated carbocycles. The number of rotatable bonds is 3. The lowest BCUT2D eigenvalue weighted by Crippen LogP contribution is -2.31. The summed E-state index contributed by atoms with van der Waals surface area (Å²) in [6.07, 6.45) is 5.25. The minimum Gasteiger partial charge on any atom is -0.376 e. The van der Waals surface area contributed by atoms with E-state index in [1.54, 1.807) is 6.20 Å². The molecule has 12 heavy (non-hydrogen) atoms. The van der Waals surface area contributed by atoms with Crippen molar-refractivity contribution in [3.63, 3.8) is 0 Å². The average molecular weight is 187 g/mol. The van der Waals surface area contributed by atoms with Crippen LogP contribution in [0, 0.1) is 0 Å². The fraction of sp³-hybridized carbons (Fsp3) is 0.625. The number of halogens is 1. The van der Waals surface area contributed by atoms with E-state index in [1.807, 2.05) is 6.20 Å². The molecule has 66 valence electrons. The Morgan fingerprint density at radius 3 is 3.17 bits per heavy atom. The van der Waals surface area contributed by atoms with Gasteiger partial charge in [0.15, 0.2) is 0 Å². The fourth-order valence-electron chi connectivity index (χ4n) is 1.29. The summed E-state index contributed by atoms with van der Waals surface area (Å²) in [5.41, 5.74) is 0. The van der Waals surface area contributed by atoms with Crippen LogP contribution in [-0.2, 0) is 17.2 Å². The van der Waals surface area contributed by atoms with Crippen LogP contribution in [0.3, 0.4) is 0 Å². The number of hydrogen-bond donors (Lipinski definition) is 0. The summed E-state index contributed by atoms with van der Waals surface area (Å²) in [5, 5.41) is 0. The molecule has 1 aromatic heterocycles. The van der Waals surface area contributed by atoms with Crippen molar-refractivity contribution in [3.05, 3.63) is 18.2 Å². The molecule has 1 unspecified atom stereocenters. The molecule has 2 heterocycles. The lowest BCUT2D eigenvalue weighted by atomic mass is 10.2. The SMILES string of the molecule is ClCc1nccn1CC1CCO1. The molecule has 0 aromatic carbocycles. The number of aromatic nitrogens is 2. The first-order valence-electron chi connectivity index (χ1n) is 4.07. The highest BCUT2D eigenvalue weighted by Gasteiger charge is 2.19. The summed E-state index contributed by atoms with van der Waals surface area (Å²) in [7, 11) is 0. The van der Waals surface area contributed by atoms with Crippen LogP contribution in [0.4, 0.5) is 0 Å². The maximum atomic E-state index is 5.69. The van der Waals surface area contributed by atoms with Crippen molar-refractivity contribution in [3.8, 4) is 0 Å². The maximum Gasteiger partial charge on any atom is 0.123 e. The summed E-state index contributed by atoms with van der Waals surface area (Å²) in [6.45, 7) is 1.79. The summed E-state index contributed by atoms with van der Waals surface area (Å²) < 4.78 is 7.36. The molecule has 0 N–H and O–H groups in total. The minimum atomic E-state index is 0.376. The molecule has 0 radical (unpaired) electrons. The molecule has 4 heteroatoms. The molecular weight excluding hydrogens is 176 g/mol. The van der Waals surface area contributed by atoms with E-state index < -0.39 is 0 Å². The van der Waals surface area contributed by atoms with E-state index in [1.165, 1.54) is 0 Å². The number of ether oxygens (including phenoxy) is 1.